The lowest BCUT2D eigenvalue weighted by Gasteiger charge is -2.53. The Kier molecular flexibility index (Phi) is 6.78. The molecule has 2 saturated heterocycles. The first-order valence-corrected chi connectivity index (χ1v) is 13.3. The Hall–Kier alpha value is -4.58. The molecule has 1 spiro atoms. The fourth-order valence-electron chi connectivity index (χ4n) is 5.80. The van der Waals surface area contributed by atoms with Gasteiger partial charge in [0.15, 0.2) is 5.75 Å². The van der Waals surface area contributed by atoms with E-state index in [1.165, 1.54) is 6.07 Å². The summed E-state index contributed by atoms with van der Waals surface area (Å²) in [6, 6.07) is 8.66. The lowest BCUT2D eigenvalue weighted by Crippen LogP contribution is -2.67. The molecule has 1 amide bonds. The van der Waals surface area contributed by atoms with Gasteiger partial charge >= 0.3 is 6.61 Å². The van der Waals surface area contributed by atoms with Crippen molar-refractivity contribution in [2.45, 2.75) is 25.0 Å². The van der Waals surface area contributed by atoms with Gasteiger partial charge in [-0.1, -0.05) is 6.58 Å². The maximum absolute atomic E-state index is 13.6. The second-order valence-corrected chi connectivity index (χ2v) is 10.5. The molecule has 10 nitrogen and oxygen atoms in total. The molecular weight excluding hydrogens is 530 g/mol. The molecule has 12 heteroatoms. The van der Waals surface area contributed by atoms with Crippen LogP contribution < -0.4 is 20.3 Å². The molecule has 2 fully saturated rings. The zero-order valence-electron chi connectivity index (χ0n) is 22.8. The predicted molar refractivity (Wildman–Crippen MR) is 154 cm³/mol. The average Bonchev–Trinajstić information content (AvgIpc) is 3.49. The van der Waals surface area contributed by atoms with Gasteiger partial charge in [0.25, 0.3) is 0 Å². The second kappa shape index (κ2) is 10.4. The number of alkyl halides is 2. The number of nitrogens with one attached hydrogen (secondary N) is 2. The van der Waals surface area contributed by atoms with E-state index in [0.29, 0.717) is 30.2 Å². The quantitative estimate of drug-likeness (QED) is 0.297. The third kappa shape index (κ3) is 4.95. The minimum Gasteiger partial charge on any atom is -0.433 e. The van der Waals surface area contributed by atoms with Crippen LogP contribution in [-0.2, 0) is 11.8 Å². The minimum atomic E-state index is -3.06. The lowest BCUT2D eigenvalue weighted by molar-refractivity contribution is -0.111. The Balaban J connectivity index is 1.36. The smallest absolute Gasteiger partial charge is 0.387 e. The van der Waals surface area contributed by atoms with Crippen LogP contribution in [0.5, 0.6) is 5.75 Å². The van der Waals surface area contributed by atoms with Gasteiger partial charge in [-0.3, -0.25) is 14.7 Å². The Morgan fingerprint density at radius 2 is 2.00 bits per heavy atom. The van der Waals surface area contributed by atoms with E-state index in [2.05, 4.69) is 49.0 Å². The predicted octanol–water partition coefficient (Wildman–Crippen LogP) is 4.78. The number of nitrogens with zero attached hydrogens (tertiary/aromatic N) is 6. The molecule has 212 valence electrons. The SMILES string of the molecule is C=CC(=O)Nc1cc(Nc2nccc(-c3cn(C)c4cccnc34)n2)c(OC(F)F)cc1N1CC2(CCCN2C)C1. The summed E-state index contributed by atoms with van der Waals surface area (Å²) in [7, 11) is 4.03. The van der Waals surface area contributed by atoms with Crippen LogP contribution in [-0.4, -0.2) is 69.2 Å². The number of carbonyl (C=O) groups is 1. The highest BCUT2D eigenvalue weighted by atomic mass is 19.3. The van der Waals surface area contributed by atoms with Crippen LogP contribution in [0.2, 0.25) is 0 Å². The van der Waals surface area contributed by atoms with E-state index in [-0.39, 0.29) is 22.9 Å². The van der Waals surface area contributed by atoms with Gasteiger partial charge in [-0.2, -0.15) is 8.78 Å². The number of amides is 1. The van der Waals surface area contributed by atoms with Crippen LogP contribution in [0.1, 0.15) is 12.8 Å². The molecule has 0 saturated carbocycles. The average molecular weight is 561 g/mol. The van der Waals surface area contributed by atoms with E-state index < -0.39 is 12.5 Å². The van der Waals surface area contributed by atoms with Crippen LogP contribution in [0.4, 0.5) is 31.8 Å². The highest BCUT2D eigenvalue weighted by Crippen LogP contribution is 2.45. The molecule has 0 atom stereocenters. The highest BCUT2D eigenvalue weighted by Gasteiger charge is 2.49. The normalized spacial score (nSPS) is 16.3. The van der Waals surface area contributed by atoms with E-state index in [9.17, 15) is 13.6 Å². The molecule has 41 heavy (non-hydrogen) atoms. The molecule has 0 unspecified atom stereocenters. The summed E-state index contributed by atoms with van der Waals surface area (Å²) >= 11 is 0. The number of fused-ring (bicyclic) bond motifs is 1. The van der Waals surface area contributed by atoms with E-state index in [0.717, 1.165) is 42.1 Å². The largest absolute Gasteiger partial charge is 0.433 e. The van der Waals surface area contributed by atoms with Crippen LogP contribution >= 0.6 is 0 Å². The van der Waals surface area contributed by atoms with Crippen LogP contribution in [0.25, 0.3) is 22.3 Å². The highest BCUT2D eigenvalue weighted by molar-refractivity contribution is 6.02. The van der Waals surface area contributed by atoms with Gasteiger partial charge in [0.05, 0.1) is 39.3 Å². The number of likely N-dealkylation sites (tertiary alicyclic amines) is 1. The zero-order chi connectivity index (χ0) is 28.7. The first kappa shape index (κ1) is 26.6. The second-order valence-electron chi connectivity index (χ2n) is 10.5. The molecule has 0 bridgehead atoms. The van der Waals surface area contributed by atoms with Crippen molar-refractivity contribution in [2.75, 3.05) is 42.2 Å². The molecule has 4 aromatic rings. The van der Waals surface area contributed by atoms with Gasteiger partial charge in [0.1, 0.15) is 0 Å². The first-order valence-electron chi connectivity index (χ1n) is 13.3. The number of halogens is 2. The van der Waals surface area contributed by atoms with Crippen LogP contribution in [0.3, 0.4) is 0 Å². The fourth-order valence-corrected chi connectivity index (χ4v) is 5.80. The Bertz CT molecular complexity index is 1630. The minimum absolute atomic E-state index is 0.0467. The summed E-state index contributed by atoms with van der Waals surface area (Å²) < 4.78 is 34.0. The molecular formula is C29H30F2N8O2. The number of likely N-dealkylation sites (N-methyl/N-ethyl adjacent to an activating group) is 1. The van der Waals surface area contributed by atoms with Gasteiger partial charge in [-0.15, -0.1) is 0 Å². The summed E-state index contributed by atoms with van der Waals surface area (Å²) in [5, 5.41) is 5.84. The molecule has 0 radical (unpaired) electrons. The number of anilines is 4. The van der Waals surface area contributed by atoms with Crippen molar-refractivity contribution < 1.29 is 18.3 Å². The summed E-state index contributed by atoms with van der Waals surface area (Å²) in [6.45, 7) is 2.93. The maximum atomic E-state index is 13.6. The number of ether oxygens (including phenoxy) is 1. The lowest BCUT2D eigenvalue weighted by atomic mass is 9.86. The van der Waals surface area contributed by atoms with Crippen molar-refractivity contribution in [1.29, 1.82) is 0 Å². The van der Waals surface area contributed by atoms with Crippen LogP contribution in [0.15, 0.2) is 61.6 Å². The Labute approximate surface area is 235 Å². The van der Waals surface area contributed by atoms with Gasteiger partial charge < -0.3 is 24.8 Å². The summed E-state index contributed by atoms with van der Waals surface area (Å²) in [5.41, 5.74) is 4.37. The molecule has 2 aliphatic heterocycles. The monoisotopic (exact) mass is 560 g/mol. The Morgan fingerprint density at radius 3 is 2.73 bits per heavy atom. The topological polar surface area (TPSA) is 100 Å². The molecule has 2 aliphatic rings. The van der Waals surface area contributed by atoms with Gasteiger partial charge in [0, 0.05) is 50.4 Å². The van der Waals surface area contributed by atoms with Crippen molar-refractivity contribution in [3.63, 3.8) is 0 Å². The van der Waals surface area contributed by atoms with Gasteiger partial charge in [-0.25, -0.2) is 9.97 Å². The number of aromatic nitrogens is 4. The van der Waals surface area contributed by atoms with Crippen molar-refractivity contribution in [2.24, 2.45) is 7.05 Å². The van der Waals surface area contributed by atoms with E-state index in [1.807, 2.05) is 29.9 Å². The third-order valence-electron chi connectivity index (χ3n) is 7.94. The molecule has 5 heterocycles. The number of hydrogen-bond acceptors (Lipinski definition) is 8. The van der Waals surface area contributed by atoms with Crippen molar-refractivity contribution in [1.82, 2.24) is 24.4 Å². The van der Waals surface area contributed by atoms with Crippen LogP contribution in [0, 0.1) is 0 Å². The van der Waals surface area contributed by atoms with Gasteiger partial charge in [-0.05, 0) is 56.8 Å². The number of hydrogen-bond donors (Lipinski definition) is 2. The molecule has 1 aromatic carbocycles. The third-order valence-corrected chi connectivity index (χ3v) is 7.94. The number of pyridine rings is 1. The Morgan fingerprint density at radius 1 is 1.17 bits per heavy atom. The summed E-state index contributed by atoms with van der Waals surface area (Å²) in [6.07, 6.45) is 8.55. The zero-order valence-corrected chi connectivity index (χ0v) is 22.8. The van der Waals surface area contributed by atoms with E-state index >= 15 is 0 Å². The molecule has 3 aromatic heterocycles. The fraction of sp³-hybridized carbons (Fsp3) is 0.310. The number of carbonyl (C=O) groups excluding carboxylic acids is 1. The van der Waals surface area contributed by atoms with Gasteiger partial charge in [0.2, 0.25) is 11.9 Å². The molecule has 2 N–H and O–H groups in total. The summed E-state index contributed by atoms with van der Waals surface area (Å²) in [4.78, 5) is 30.2. The summed E-state index contributed by atoms with van der Waals surface area (Å²) in [5.74, 6) is -0.346. The van der Waals surface area contributed by atoms with Crippen molar-refractivity contribution >= 4 is 40.0 Å². The first-order chi connectivity index (χ1) is 19.8. The van der Waals surface area contributed by atoms with Crippen molar-refractivity contribution in [3.05, 3.63) is 61.6 Å². The standard InChI is InChI=1S/C29H30F2N8O2/c1-4-25(40)34-20-13-21(24(41-27(30)31)14-23(20)39-16-29(17-39)9-6-12-38(29)3)36-28-33-11-8-19(35-28)18-15-37(2)22-7-5-10-32-26(18)22/h4-5,7-8,10-11,13-15,27H,1,6,9,12,16-17H2,2-3H3,(H,34,40)(H,33,35,36). The maximum Gasteiger partial charge on any atom is 0.387 e. The van der Waals surface area contributed by atoms with E-state index in [1.54, 1.807) is 24.5 Å². The van der Waals surface area contributed by atoms with Crippen molar-refractivity contribution in [3.8, 4) is 17.0 Å². The number of aryl methyl sites for hydroxylation is 1. The number of benzene rings is 1. The molecule has 6 rings (SSSR count). The van der Waals surface area contributed by atoms with E-state index in [4.69, 9.17) is 4.74 Å². The molecule has 0 aliphatic carbocycles. The number of rotatable bonds is 8.